The average molecular weight is 466 g/mol. The monoisotopic (exact) mass is 463 g/mol. The highest BCUT2D eigenvalue weighted by Gasteiger charge is 2.25. The van der Waals surface area contributed by atoms with Crippen molar-refractivity contribution in [2.24, 2.45) is 0 Å². The number of aryl methyl sites for hydroxylation is 1. The number of hydrogen-bond acceptors (Lipinski definition) is 1. The van der Waals surface area contributed by atoms with Gasteiger partial charge >= 0.3 is 0 Å². The fourth-order valence-corrected chi connectivity index (χ4v) is 3.27. The number of carbonyl (C=O) groups is 1. The van der Waals surface area contributed by atoms with Crippen molar-refractivity contribution in [3.05, 3.63) is 63.6 Å². The predicted octanol–water partition coefficient (Wildman–Crippen LogP) is 6.14. The second-order valence-electron chi connectivity index (χ2n) is 4.78. The molecular weight excluding hydrogens is 453 g/mol. The van der Waals surface area contributed by atoms with Crippen LogP contribution in [0.2, 0.25) is 10.0 Å². The van der Waals surface area contributed by atoms with Gasteiger partial charge in [0.25, 0.3) is 0 Å². The molecule has 2 rings (SSSR count). The lowest BCUT2D eigenvalue weighted by Crippen LogP contribution is -2.26. The summed E-state index contributed by atoms with van der Waals surface area (Å²) in [7, 11) is 0. The van der Waals surface area contributed by atoms with Gasteiger partial charge in [-0.05, 0) is 30.2 Å². The van der Waals surface area contributed by atoms with Gasteiger partial charge in [-0.1, -0.05) is 85.4 Å². The summed E-state index contributed by atoms with van der Waals surface area (Å²) in [5.41, 5.74) is 2.52. The molecule has 116 valence electrons. The maximum absolute atomic E-state index is 12.4. The Balaban J connectivity index is 2.13. The minimum absolute atomic E-state index is 0.142. The second-order valence-corrected chi connectivity index (χ2v) is 7.57. The van der Waals surface area contributed by atoms with E-state index in [9.17, 15) is 4.79 Å². The Bertz CT molecular complexity index is 679. The van der Waals surface area contributed by atoms with Gasteiger partial charge in [0.15, 0.2) is 0 Å². The van der Waals surface area contributed by atoms with Gasteiger partial charge in [-0.3, -0.25) is 4.79 Å². The number of anilines is 1. The third-order valence-electron chi connectivity index (χ3n) is 3.15. The Kier molecular flexibility index (Phi) is 6.33. The van der Waals surface area contributed by atoms with Crippen LogP contribution in [0.3, 0.4) is 0 Å². The molecule has 2 aromatic carbocycles. The van der Waals surface area contributed by atoms with E-state index in [-0.39, 0.29) is 10.7 Å². The summed E-state index contributed by atoms with van der Waals surface area (Å²) in [6.07, 6.45) is 0. The number of nitrogens with one attached hydrogen (secondary N) is 1. The molecule has 0 saturated carbocycles. The Hall–Kier alpha value is -0.550. The molecule has 0 saturated heterocycles. The normalized spacial score (nSPS) is 13.5. The van der Waals surface area contributed by atoms with Crippen molar-refractivity contribution in [3.8, 4) is 0 Å². The Morgan fingerprint density at radius 3 is 2.32 bits per heavy atom. The van der Waals surface area contributed by atoms with E-state index in [2.05, 4.69) is 37.2 Å². The summed E-state index contributed by atoms with van der Waals surface area (Å²) in [4.78, 5) is 11.8. The number of benzene rings is 2. The van der Waals surface area contributed by atoms with Crippen LogP contribution in [0.1, 0.15) is 16.0 Å². The highest BCUT2D eigenvalue weighted by Crippen LogP contribution is 2.33. The number of alkyl halides is 2. The third kappa shape index (κ3) is 4.25. The molecule has 2 aromatic rings. The molecule has 2 unspecified atom stereocenters. The molecule has 22 heavy (non-hydrogen) atoms. The van der Waals surface area contributed by atoms with Gasteiger partial charge in [0.1, 0.15) is 4.83 Å². The van der Waals surface area contributed by atoms with Crippen LogP contribution in [0, 0.1) is 6.92 Å². The van der Waals surface area contributed by atoms with Crippen LogP contribution in [-0.4, -0.2) is 10.7 Å². The maximum atomic E-state index is 12.4. The van der Waals surface area contributed by atoms with Gasteiger partial charge in [0.05, 0.1) is 14.9 Å². The molecule has 2 atom stereocenters. The number of amides is 1. The van der Waals surface area contributed by atoms with Gasteiger partial charge in [-0.25, -0.2) is 0 Å². The summed E-state index contributed by atoms with van der Waals surface area (Å²) < 4.78 is 0. The molecule has 0 aliphatic rings. The van der Waals surface area contributed by atoms with Crippen LogP contribution in [0.25, 0.3) is 0 Å². The standard InChI is InChI=1S/C16H13Br2Cl2NO/c1-9-7-11(19)12(20)8-13(9)21-16(22)15(18)14(17)10-5-3-2-4-6-10/h2-8,14-15H,1H3,(H,21,22). The van der Waals surface area contributed by atoms with E-state index < -0.39 is 4.83 Å². The minimum Gasteiger partial charge on any atom is -0.325 e. The first-order chi connectivity index (χ1) is 10.4. The molecule has 1 N–H and O–H groups in total. The van der Waals surface area contributed by atoms with Crippen molar-refractivity contribution in [3.63, 3.8) is 0 Å². The van der Waals surface area contributed by atoms with Crippen LogP contribution >= 0.6 is 55.1 Å². The van der Waals surface area contributed by atoms with Crippen LogP contribution < -0.4 is 5.32 Å². The lowest BCUT2D eigenvalue weighted by Gasteiger charge is -2.18. The zero-order valence-corrected chi connectivity index (χ0v) is 16.3. The highest BCUT2D eigenvalue weighted by atomic mass is 79.9. The molecule has 0 heterocycles. The lowest BCUT2D eigenvalue weighted by atomic mass is 10.1. The van der Waals surface area contributed by atoms with Crippen molar-refractivity contribution in [2.45, 2.75) is 16.6 Å². The molecule has 0 aliphatic carbocycles. The smallest absolute Gasteiger partial charge is 0.239 e. The van der Waals surface area contributed by atoms with Gasteiger partial charge in [-0.15, -0.1) is 0 Å². The van der Waals surface area contributed by atoms with Gasteiger partial charge in [0.2, 0.25) is 5.91 Å². The van der Waals surface area contributed by atoms with Crippen LogP contribution in [0.15, 0.2) is 42.5 Å². The molecule has 0 aromatic heterocycles. The van der Waals surface area contributed by atoms with Crippen molar-refractivity contribution in [1.29, 1.82) is 0 Å². The molecule has 0 aliphatic heterocycles. The van der Waals surface area contributed by atoms with E-state index in [0.717, 1.165) is 11.1 Å². The molecule has 1 amide bonds. The lowest BCUT2D eigenvalue weighted by molar-refractivity contribution is -0.115. The topological polar surface area (TPSA) is 29.1 Å². The predicted molar refractivity (Wildman–Crippen MR) is 101 cm³/mol. The van der Waals surface area contributed by atoms with E-state index in [1.165, 1.54) is 0 Å². The van der Waals surface area contributed by atoms with E-state index in [0.29, 0.717) is 15.7 Å². The summed E-state index contributed by atoms with van der Waals surface area (Å²) >= 11 is 19.0. The van der Waals surface area contributed by atoms with E-state index in [1.807, 2.05) is 37.3 Å². The van der Waals surface area contributed by atoms with Gasteiger partial charge in [0, 0.05) is 5.69 Å². The van der Waals surface area contributed by atoms with Crippen LogP contribution in [-0.2, 0) is 4.79 Å². The number of hydrogen-bond donors (Lipinski definition) is 1. The first-order valence-electron chi connectivity index (χ1n) is 6.49. The number of halogens is 4. The Morgan fingerprint density at radius 1 is 1.09 bits per heavy atom. The fraction of sp³-hybridized carbons (Fsp3) is 0.188. The van der Waals surface area contributed by atoms with Crippen molar-refractivity contribution < 1.29 is 4.79 Å². The SMILES string of the molecule is Cc1cc(Cl)c(Cl)cc1NC(=O)C(Br)C(Br)c1ccccc1. The zero-order chi connectivity index (χ0) is 16.3. The van der Waals surface area contributed by atoms with Crippen molar-refractivity contribution in [1.82, 2.24) is 0 Å². The highest BCUT2D eigenvalue weighted by molar-refractivity contribution is 9.12. The molecule has 6 heteroatoms. The molecule has 0 radical (unpaired) electrons. The van der Waals surface area contributed by atoms with E-state index >= 15 is 0 Å². The fourth-order valence-electron chi connectivity index (χ4n) is 1.92. The molecule has 0 bridgehead atoms. The largest absolute Gasteiger partial charge is 0.325 e. The van der Waals surface area contributed by atoms with Crippen molar-refractivity contribution in [2.75, 3.05) is 5.32 Å². The molecule has 0 spiro atoms. The maximum Gasteiger partial charge on any atom is 0.239 e. The third-order valence-corrected chi connectivity index (χ3v) is 6.58. The summed E-state index contributed by atoms with van der Waals surface area (Å²) in [6, 6.07) is 13.1. The van der Waals surface area contributed by atoms with Crippen LogP contribution in [0.5, 0.6) is 0 Å². The first kappa shape index (κ1) is 17.8. The Labute approximate surface area is 156 Å². The van der Waals surface area contributed by atoms with Crippen molar-refractivity contribution >= 4 is 66.7 Å². The van der Waals surface area contributed by atoms with E-state index in [4.69, 9.17) is 23.2 Å². The van der Waals surface area contributed by atoms with Gasteiger partial charge in [-0.2, -0.15) is 0 Å². The minimum atomic E-state index is -0.427. The molecule has 0 fully saturated rings. The summed E-state index contributed by atoms with van der Waals surface area (Å²) in [6.45, 7) is 1.86. The summed E-state index contributed by atoms with van der Waals surface area (Å²) in [5.74, 6) is -0.160. The second kappa shape index (κ2) is 7.82. The van der Waals surface area contributed by atoms with Crippen LogP contribution in [0.4, 0.5) is 5.69 Å². The first-order valence-corrected chi connectivity index (χ1v) is 9.08. The van der Waals surface area contributed by atoms with Gasteiger partial charge < -0.3 is 5.32 Å². The zero-order valence-electron chi connectivity index (χ0n) is 11.6. The Morgan fingerprint density at radius 2 is 1.68 bits per heavy atom. The number of carbonyl (C=O) groups excluding carboxylic acids is 1. The summed E-state index contributed by atoms with van der Waals surface area (Å²) in [5, 5.41) is 3.75. The molecular formula is C16H13Br2Cl2NO. The quantitative estimate of drug-likeness (QED) is 0.540. The number of rotatable bonds is 4. The van der Waals surface area contributed by atoms with E-state index in [1.54, 1.807) is 12.1 Å². The average Bonchev–Trinajstić information content (AvgIpc) is 2.52. The molecule has 2 nitrogen and oxygen atoms in total.